The van der Waals surface area contributed by atoms with E-state index >= 15 is 0 Å². The maximum atomic E-state index is 13.4. The fourth-order valence-corrected chi connectivity index (χ4v) is 1.56. The van der Waals surface area contributed by atoms with E-state index in [-0.39, 0.29) is 5.69 Å². The summed E-state index contributed by atoms with van der Waals surface area (Å²) in [5.74, 6) is -2.02. The molecule has 2 aromatic rings. The van der Waals surface area contributed by atoms with Crippen molar-refractivity contribution < 1.29 is 13.6 Å². The molecule has 2 rings (SSSR count). The summed E-state index contributed by atoms with van der Waals surface area (Å²) in [6, 6.07) is 1.78. The molecule has 1 unspecified atom stereocenters. The molecule has 7 heteroatoms. The molecule has 100 valence electrons. The van der Waals surface area contributed by atoms with Crippen molar-refractivity contribution in [3.63, 3.8) is 0 Å². The molecule has 1 amide bonds. The first-order valence-corrected chi connectivity index (χ1v) is 5.47. The van der Waals surface area contributed by atoms with Crippen LogP contribution in [0.25, 0.3) is 0 Å². The lowest BCUT2D eigenvalue weighted by Crippen LogP contribution is -2.27. The van der Waals surface area contributed by atoms with Gasteiger partial charge in [0.25, 0.3) is 0 Å². The summed E-state index contributed by atoms with van der Waals surface area (Å²) in [7, 11) is 1.68. The van der Waals surface area contributed by atoms with Crippen molar-refractivity contribution in [3.8, 4) is 0 Å². The Morgan fingerprint density at radius 3 is 2.84 bits per heavy atom. The molecule has 1 atom stereocenters. The minimum absolute atomic E-state index is 0.246. The Kier molecular flexibility index (Phi) is 3.57. The number of hydrogen-bond acceptors (Lipinski definition) is 3. The number of anilines is 1. The van der Waals surface area contributed by atoms with E-state index in [1.54, 1.807) is 13.2 Å². The number of nitrogens with one attached hydrogen (secondary N) is 1. The number of carbonyl (C=O) groups is 1. The van der Waals surface area contributed by atoms with Crippen molar-refractivity contribution in [2.24, 2.45) is 12.8 Å². The Morgan fingerprint density at radius 1 is 1.47 bits per heavy atom. The van der Waals surface area contributed by atoms with E-state index < -0.39 is 23.6 Å². The maximum Gasteiger partial charge on any atom is 0.246 e. The summed E-state index contributed by atoms with van der Waals surface area (Å²) in [4.78, 5) is 11.8. The topological polar surface area (TPSA) is 72.9 Å². The molecule has 0 saturated carbocycles. The van der Waals surface area contributed by atoms with Gasteiger partial charge in [-0.1, -0.05) is 0 Å². The third kappa shape index (κ3) is 2.94. The molecule has 19 heavy (non-hydrogen) atoms. The van der Waals surface area contributed by atoms with E-state index in [0.29, 0.717) is 5.56 Å². The first-order valence-electron chi connectivity index (χ1n) is 5.47. The molecule has 0 radical (unpaired) electrons. The lowest BCUT2D eigenvalue weighted by molar-refractivity contribution is -0.117. The minimum Gasteiger partial charge on any atom is -0.322 e. The number of amides is 1. The van der Waals surface area contributed by atoms with Crippen LogP contribution in [0.3, 0.4) is 0 Å². The van der Waals surface area contributed by atoms with Gasteiger partial charge in [0.2, 0.25) is 5.91 Å². The normalized spacial score (nSPS) is 12.2. The van der Waals surface area contributed by atoms with E-state index in [1.807, 2.05) is 0 Å². The third-order valence-corrected chi connectivity index (χ3v) is 2.55. The number of nitrogens with zero attached hydrogens (tertiary/aromatic N) is 2. The summed E-state index contributed by atoms with van der Waals surface area (Å²) in [6.07, 6.45) is 3.01. The van der Waals surface area contributed by atoms with Crippen LogP contribution in [0.1, 0.15) is 11.6 Å². The van der Waals surface area contributed by atoms with Crippen molar-refractivity contribution in [3.05, 3.63) is 47.8 Å². The number of benzene rings is 1. The fraction of sp³-hybridized carbons (Fsp3) is 0.167. The summed E-state index contributed by atoms with van der Waals surface area (Å²) < 4.78 is 27.8. The lowest BCUT2D eigenvalue weighted by Gasteiger charge is -2.11. The van der Waals surface area contributed by atoms with Gasteiger partial charge in [0.05, 0.1) is 11.9 Å². The summed E-state index contributed by atoms with van der Waals surface area (Å²) in [5, 5.41) is 6.12. The fourth-order valence-electron chi connectivity index (χ4n) is 1.56. The second-order valence-corrected chi connectivity index (χ2v) is 4.04. The van der Waals surface area contributed by atoms with Crippen LogP contribution >= 0.6 is 0 Å². The van der Waals surface area contributed by atoms with Crippen LogP contribution in [0.4, 0.5) is 14.5 Å². The van der Waals surface area contributed by atoms with Crippen molar-refractivity contribution in [2.45, 2.75) is 6.04 Å². The van der Waals surface area contributed by atoms with Crippen LogP contribution < -0.4 is 11.1 Å². The van der Waals surface area contributed by atoms with Gasteiger partial charge >= 0.3 is 0 Å². The standard InChI is InChI=1S/C12H12F2N4O/c1-18-6-7(5-16-18)11(15)12(19)17-10-4-8(13)2-3-9(10)14/h2-6,11H,15H2,1H3,(H,17,19). The molecule has 0 spiro atoms. The van der Waals surface area contributed by atoms with Gasteiger partial charge < -0.3 is 11.1 Å². The monoisotopic (exact) mass is 266 g/mol. The third-order valence-electron chi connectivity index (χ3n) is 2.55. The SMILES string of the molecule is Cn1cc(C(N)C(=O)Nc2cc(F)ccc2F)cn1. The molecule has 1 aromatic heterocycles. The molecule has 0 aliphatic rings. The zero-order valence-corrected chi connectivity index (χ0v) is 10.1. The van der Waals surface area contributed by atoms with Crippen molar-refractivity contribution in [1.82, 2.24) is 9.78 Å². The van der Waals surface area contributed by atoms with Gasteiger partial charge in [-0.25, -0.2) is 8.78 Å². The van der Waals surface area contributed by atoms with Crippen LogP contribution in [0.5, 0.6) is 0 Å². The molecule has 1 aromatic carbocycles. The zero-order chi connectivity index (χ0) is 14.0. The molecule has 0 saturated heterocycles. The Balaban J connectivity index is 2.14. The van der Waals surface area contributed by atoms with Crippen LogP contribution in [0, 0.1) is 11.6 Å². The van der Waals surface area contributed by atoms with Crippen LogP contribution in [0.2, 0.25) is 0 Å². The van der Waals surface area contributed by atoms with E-state index in [4.69, 9.17) is 5.73 Å². The summed E-state index contributed by atoms with van der Waals surface area (Å²) in [5.41, 5.74) is 5.94. The largest absolute Gasteiger partial charge is 0.322 e. The van der Waals surface area contributed by atoms with Crippen molar-refractivity contribution in [1.29, 1.82) is 0 Å². The number of aromatic nitrogens is 2. The zero-order valence-electron chi connectivity index (χ0n) is 10.1. The Bertz CT molecular complexity index is 612. The molecule has 0 aliphatic carbocycles. The van der Waals surface area contributed by atoms with Gasteiger partial charge in [-0.15, -0.1) is 0 Å². The van der Waals surface area contributed by atoms with Gasteiger partial charge in [-0.2, -0.15) is 5.10 Å². The number of carbonyl (C=O) groups excluding carboxylic acids is 1. The highest BCUT2D eigenvalue weighted by Gasteiger charge is 2.18. The maximum absolute atomic E-state index is 13.4. The lowest BCUT2D eigenvalue weighted by atomic mass is 10.1. The molecular weight excluding hydrogens is 254 g/mol. The number of aryl methyl sites for hydroxylation is 1. The highest BCUT2D eigenvalue weighted by Crippen LogP contribution is 2.17. The first kappa shape index (κ1) is 13.2. The molecule has 0 aliphatic heterocycles. The van der Waals surface area contributed by atoms with Crippen LogP contribution in [-0.4, -0.2) is 15.7 Å². The average molecular weight is 266 g/mol. The van der Waals surface area contributed by atoms with Gasteiger partial charge in [0, 0.05) is 24.9 Å². The number of nitrogens with two attached hydrogens (primary N) is 1. The number of halogens is 2. The van der Waals surface area contributed by atoms with E-state index in [1.165, 1.54) is 10.9 Å². The molecule has 1 heterocycles. The van der Waals surface area contributed by atoms with Crippen LogP contribution in [0.15, 0.2) is 30.6 Å². The summed E-state index contributed by atoms with van der Waals surface area (Å²) >= 11 is 0. The van der Waals surface area contributed by atoms with E-state index in [2.05, 4.69) is 10.4 Å². The molecule has 5 nitrogen and oxygen atoms in total. The predicted octanol–water partition coefficient (Wildman–Crippen LogP) is 1.34. The first-order chi connectivity index (χ1) is 8.97. The quantitative estimate of drug-likeness (QED) is 0.880. The van der Waals surface area contributed by atoms with Crippen LogP contribution in [-0.2, 0) is 11.8 Å². The number of hydrogen-bond donors (Lipinski definition) is 2. The van der Waals surface area contributed by atoms with E-state index in [9.17, 15) is 13.6 Å². The van der Waals surface area contributed by atoms with Gasteiger partial charge in [0.1, 0.15) is 17.7 Å². The second kappa shape index (κ2) is 5.15. The van der Waals surface area contributed by atoms with Crippen molar-refractivity contribution in [2.75, 3.05) is 5.32 Å². The minimum atomic E-state index is -1.00. The highest BCUT2D eigenvalue weighted by molar-refractivity contribution is 5.95. The van der Waals surface area contributed by atoms with Crippen molar-refractivity contribution >= 4 is 11.6 Å². The Labute approximate surface area is 108 Å². The molecule has 3 N–H and O–H groups in total. The van der Waals surface area contributed by atoms with Gasteiger partial charge in [-0.3, -0.25) is 9.48 Å². The molecule has 0 fully saturated rings. The highest BCUT2D eigenvalue weighted by atomic mass is 19.1. The Hall–Kier alpha value is -2.28. The average Bonchev–Trinajstić information content (AvgIpc) is 2.79. The molecular formula is C12H12F2N4O. The van der Waals surface area contributed by atoms with E-state index in [0.717, 1.165) is 18.2 Å². The predicted molar refractivity (Wildman–Crippen MR) is 65.1 cm³/mol. The second-order valence-electron chi connectivity index (χ2n) is 4.04. The summed E-state index contributed by atoms with van der Waals surface area (Å²) in [6.45, 7) is 0. The van der Waals surface area contributed by atoms with Gasteiger partial charge in [0.15, 0.2) is 0 Å². The molecule has 0 bridgehead atoms. The smallest absolute Gasteiger partial charge is 0.246 e. The van der Waals surface area contributed by atoms with Gasteiger partial charge in [-0.05, 0) is 12.1 Å². The Morgan fingerprint density at radius 2 is 2.21 bits per heavy atom. The number of rotatable bonds is 3.